The number of primary amides is 1. The molecular formula is C21H36N6O8. The van der Waals surface area contributed by atoms with Crippen LogP contribution >= 0.6 is 0 Å². The van der Waals surface area contributed by atoms with Gasteiger partial charge in [-0.3, -0.25) is 24.0 Å². The Morgan fingerprint density at radius 3 is 2.20 bits per heavy atom. The highest BCUT2D eigenvalue weighted by Crippen LogP contribution is 2.20. The van der Waals surface area contributed by atoms with Crippen molar-refractivity contribution in [3.63, 3.8) is 0 Å². The highest BCUT2D eigenvalue weighted by molar-refractivity contribution is 5.94. The summed E-state index contributed by atoms with van der Waals surface area (Å²) in [6, 6.07) is -4.44. The van der Waals surface area contributed by atoms with Gasteiger partial charge >= 0.3 is 11.9 Å². The number of amides is 4. The van der Waals surface area contributed by atoms with E-state index in [0.717, 1.165) is 0 Å². The number of nitrogens with zero attached hydrogens (tertiary/aromatic N) is 1. The molecule has 0 bridgehead atoms. The van der Waals surface area contributed by atoms with Crippen molar-refractivity contribution >= 4 is 35.6 Å². The highest BCUT2D eigenvalue weighted by atomic mass is 16.4. The van der Waals surface area contributed by atoms with Crippen molar-refractivity contribution in [2.24, 2.45) is 17.2 Å². The minimum absolute atomic E-state index is 0.0377. The first-order valence-corrected chi connectivity index (χ1v) is 11.6. The Balaban J connectivity index is 2.89. The van der Waals surface area contributed by atoms with Gasteiger partial charge in [-0.1, -0.05) is 0 Å². The molecule has 0 radical (unpaired) electrons. The van der Waals surface area contributed by atoms with E-state index in [9.17, 15) is 33.9 Å². The van der Waals surface area contributed by atoms with Crippen LogP contribution in [0.1, 0.15) is 57.8 Å². The van der Waals surface area contributed by atoms with Crippen molar-refractivity contribution in [2.45, 2.75) is 82.0 Å². The van der Waals surface area contributed by atoms with E-state index in [1.165, 1.54) is 4.90 Å². The molecule has 1 aliphatic rings. The summed E-state index contributed by atoms with van der Waals surface area (Å²) < 4.78 is 0. The molecule has 1 saturated heterocycles. The van der Waals surface area contributed by atoms with Gasteiger partial charge in [-0.25, -0.2) is 4.79 Å². The number of aliphatic carboxylic acids is 2. The topological polar surface area (TPSA) is 248 Å². The summed E-state index contributed by atoms with van der Waals surface area (Å²) in [5.41, 5.74) is 16.5. The Bertz CT molecular complexity index is 792. The number of hydrogen-bond donors (Lipinski definition) is 7. The van der Waals surface area contributed by atoms with Crippen LogP contribution < -0.4 is 27.8 Å². The third kappa shape index (κ3) is 10.3. The fraction of sp³-hybridized carbons (Fsp3) is 0.714. The van der Waals surface area contributed by atoms with Gasteiger partial charge in [0.25, 0.3) is 0 Å². The van der Waals surface area contributed by atoms with Crippen LogP contribution in [0.3, 0.4) is 0 Å². The fourth-order valence-electron chi connectivity index (χ4n) is 3.76. The number of carbonyl (C=O) groups is 6. The van der Waals surface area contributed by atoms with E-state index >= 15 is 0 Å². The number of rotatable bonds is 16. The molecule has 0 aromatic rings. The van der Waals surface area contributed by atoms with E-state index in [4.69, 9.17) is 22.3 Å². The lowest BCUT2D eigenvalue weighted by molar-refractivity contribution is -0.144. The SMILES string of the molecule is NCCCCC(NC(=O)C1CCCN1C(=O)C(N)CCC(N)=O)C(=O)NC(CCC(=O)O)C(=O)O. The molecular weight excluding hydrogens is 464 g/mol. The maximum atomic E-state index is 13.0. The molecule has 0 saturated carbocycles. The molecule has 1 aliphatic heterocycles. The van der Waals surface area contributed by atoms with Gasteiger partial charge in [0.05, 0.1) is 6.04 Å². The molecule has 0 aromatic heterocycles. The summed E-state index contributed by atoms with van der Waals surface area (Å²) in [7, 11) is 0. The average molecular weight is 501 g/mol. The van der Waals surface area contributed by atoms with Crippen molar-refractivity contribution in [1.82, 2.24) is 15.5 Å². The van der Waals surface area contributed by atoms with E-state index in [1.54, 1.807) is 0 Å². The lowest BCUT2D eigenvalue weighted by atomic mass is 10.1. The molecule has 1 fully saturated rings. The third-order valence-corrected chi connectivity index (χ3v) is 5.70. The van der Waals surface area contributed by atoms with Gasteiger partial charge in [0.1, 0.15) is 18.1 Å². The molecule has 0 aromatic carbocycles. The normalized spacial score (nSPS) is 17.8. The average Bonchev–Trinajstić information content (AvgIpc) is 3.28. The Morgan fingerprint density at radius 2 is 1.63 bits per heavy atom. The second-order valence-corrected chi connectivity index (χ2v) is 8.48. The zero-order valence-corrected chi connectivity index (χ0v) is 19.6. The van der Waals surface area contributed by atoms with Crippen LogP contribution in [0.5, 0.6) is 0 Å². The van der Waals surface area contributed by atoms with Gasteiger partial charge < -0.3 is 42.9 Å². The van der Waals surface area contributed by atoms with Gasteiger partial charge in [0.2, 0.25) is 23.6 Å². The van der Waals surface area contributed by atoms with Crippen LogP contribution in [0.2, 0.25) is 0 Å². The lowest BCUT2D eigenvalue weighted by Crippen LogP contribution is -2.56. The van der Waals surface area contributed by atoms with Crippen molar-refractivity contribution in [3.8, 4) is 0 Å². The molecule has 10 N–H and O–H groups in total. The molecule has 4 unspecified atom stereocenters. The molecule has 1 rings (SSSR count). The highest BCUT2D eigenvalue weighted by Gasteiger charge is 2.37. The van der Waals surface area contributed by atoms with Crippen molar-refractivity contribution in [1.29, 1.82) is 0 Å². The summed E-state index contributed by atoms with van der Waals surface area (Å²) in [6.45, 7) is 0.633. The standard InChI is InChI=1S/C21H36N6O8/c22-10-2-1-4-13(18(31)26-14(21(34)35)7-9-17(29)30)25-19(32)15-5-3-11-27(15)20(33)12(23)6-8-16(24)28/h12-15H,1-11,22-23H2,(H2,24,28)(H,25,32)(H,26,31)(H,29,30)(H,34,35). The smallest absolute Gasteiger partial charge is 0.326 e. The largest absolute Gasteiger partial charge is 0.481 e. The molecule has 0 spiro atoms. The van der Waals surface area contributed by atoms with Crippen LogP contribution in [0.15, 0.2) is 0 Å². The van der Waals surface area contributed by atoms with Crippen molar-refractivity contribution in [3.05, 3.63) is 0 Å². The first-order valence-electron chi connectivity index (χ1n) is 11.6. The zero-order valence-electron chi connectivity index (χ0n) is 19.6. The number of carbonyl (C=O) groups excluding carboxylic acids is 4. The minimum Gasteiger partial charge on any atom is -0.481 e. The molecule has 0 aliphatic carbocycles. The third-order valence-electron chi connectivity index (χ3n) is 5.70. The Kier molecular flexibility index (Phi) is 12.7. The van der Waals surface area contributed by atoms with Crippen LogP contribution in [-0.2, 0) is 28.8 Å². The van der Waals surface area contributed by atoms with Gasteiger partial charge in [0.15, 0.2) is 0 Å². The number of nitrogens with two attached hydrogens (primary N) is 3. The van der Waals surface area contributed by atoms with Crippen LogP contribution in [-0.4, -0.2) is 87.9 Å². The molecule has 1 heterocycles. The summed E-state index contributed by atoms with van der Waals surface area (Å²) >= 11 is 0. The van der Waals surface area contributed by atoms with Gasteiger partial charge in [0, 0.05) is 19.4 Å². The van der Waals surface area contributed by atoms with E-state index in [0.29, 0.717) is 32.2 Å². The first kappa shape index (κ1) is 29.8. The molecule has 4 amide bonds. The number of carboxylic acids is 2. The van der Waals surface area contributed by atoms with Gasteiger partial charge in [-0.2, -0.15) is 0 Å². The second kappa shape index (κ2) is 14.9. The quantitative estimate of drug-likeness (QED) is 0.111. The van der Waals surface area contributed by atoms with Gasteiger partial charge in [-0.05, 0) is 51.5 Å². The van der Waals surface area contributed by atoms with E-state index in [1.807, 2.05) is 0 Å². The number of hydrogen-bond acceptors (Lipinski definition) is 8. The maximum Gasteiger partial charge on any atom is 0.326 e. The Hall–Kier alpha value is -3.26. The summed E-state index contributed by atoms with van der Waals surface area (Å²) in [5.74, 6) is -5.08. The first-order chi connectivity index (χ1) is 16.5. The second-order valence-electron chi connectivity index (χ2n) is 8.48. The molecule has 35 heavy (non-hydrogen) atoms. The van der Waals surface area contributed by atoms with Crippen LogP contribution in [0, 0.1) is 0 Å². The van der Waals surface area contributed by atoms with Crippen molar-refractivity contribution in [2.75, 3.05) is 13.1 Å². The predicted octanol–water partition coefficient (Wildman–Crippen LogP) is -2.38. The number of unbranched alkanes of at least 4 members (excludes halogenated alkanes) is 1. The maximum absolute atomic E-state index is 13.0. The van der Waals surface area contributed by atoms with Crippen LogP contribution in [0.25, 0.3) is 0 Å². The summed E-state index contributed by atoms with van der Waals surface area (Å²) in [4.78, 5) is 73.0. The minimum atomic E-state index is -1.44. The van der Waals surface area contributed by atoms with E-state index in [-0.39, 0.29) is 32.2 Å². The number of carboxylic acid groups (broad SMARTS) is 2. The molecule has 14 heteroatoms. The summed E-state index contributed by atoms with van der Waals surface area (Å²) in [5, 5.41) is 23.0. The molecule has 198 valence electrons. The number of nitrogens with one attached hydrogen (secondary N) is 2. The molecule has 4 atom stereocenters. The van der Waals surface area contributed by atoms with E-state index in [2.05, 4.69) is 10.6 Å². The zero-order chi connectivity index (χ0) is 26.5. The molecule has 14 nitrogen and oxygen atoms in total. The number of likely N-dealkylation sites (tertiary alicyclic amines) is 1. The summed E-state index contributed by atoms with van der Waals surface area (Å²) in [6.07, 6.45) is 1.24. The van der Waals surface area contributed by atoms with Gasteiger partial charge in [-0.15, -0.1) is 0 Å². The fourth-order valence-corrected chi connectivity index (χ4v) is 3.76. The Labute approximate surface area is 202 Å². The van der Waals surface area contributed by atoms with E-state index < -0.39 is 66.2 Å². The monoisotopic (exact) mass is 500 g/mol. The predicted molar refractivity (Wildman–Crippen MR) is 122 cm³/mol. The van der Waals surface area contributed by atoms with Crippen molar-refractivity contribution < 1.29 is 39.0 Å². The Morgan fingerprint density at radius 1 is 0.943 bits per heavy atom. The lowest BCUT2D eigenvalue weighted by Gasteiger charge is -2.28. The van der Waals surface area contributed by atoms with Crippen LogP contribution in [0.4, 0.5) is 0 Å².